The number of halogens is 5. The van der Waals surface area contributed by atoms with E-state index in [1.807, 2.05) is 0 Å². The van der Waals surface area contributed by atoms with Crippen molar-refractivity contribution in [2.45, 2.75) is 19.0 Å². The molecule has 0 spiro atoms. The van der Waals surface area contributed by atoms with E-state index in [2.05, 4.69) is 10.3 Å². The van der Waals surface area contributed by atoms with Crippen LogP contribution < -0.4 is 5.32 Å². The maximum atomic E-state index is 12.5. The number of rotatable bonds is 1. The van der Waals surface area contributed by atoms with Crippen LogP contribution in [0.3, 0.4) is 0 Å². The average Bonchev–Trinajstić information content (AvgIpc) is 2.72. The molecule has 0 aromatic heterocycles. The molecule has 2 rings (SSSR count). The monoisotopic (exact) mass is 298 g/mol. The quantitative estimate of drug-likeness (QED) is 0.817. The van der Waals surface area contributed by atoms with Gasteiger partial charge in [0, 0.05) is 13.0 Å². The zero-order valence-electron chi connectivity index (χ0n) is 9.22. The number of hydrogen-bond acceptors (Lipinski definition) is 2. The van der Waals surface area contributed by atoms with E-state index in [0.29, 0.717) is 12.4 Å². The summed E-state index contributed by atoms with van der Waals surface area (Å²) in [7, 11) is 0. The minimum absolute atomic E-state index is 0. The van der Waals surface area contributed by atoms with Crippen LogP contribution in [0.15, 0.2) is 23.2 Å². The number of anilines is 1. The Bertz CT molecular complexity index is 458. The molecule has 0 radical (unpaired) electrons. The number of hydrogen-bond donors (Lipinski definition) is 1. The molecule has 1 aromatic carbocycles. The highest BCUT2D eigenvalue weighted by atomic mass is 35.5. The summed E-state index contributed by atoms with van der Waals surface area (Å²) in [6.07, 6.45) is -2.70. The molecule has 18 heavy (non-hydrogen) atoms. The summed E-state index contributed by atoms with van der Waals surface area (Å²) in [5.41, 5.74) is -0.467. The van der Waals surface area contributed by atoms with Crippen molar-refractivity contribution in [3.05, 3.63) is 28.8 Å². The lowest BCUT2D eigenvalue weighted by atomic mass is 10.2. The van der Waals surface area contributed by atoms with Crippen molar-refractivity contribution in [2.75, 3.05) is 11.9 Å². The van der Waals surface area contributed by atoms with Crippen LogP contribution in [0.1, 0.15) is 18.4 Å². The Kier molecular flexibility index (Phi) is 4.87. The van der Waals surface area contributed by atoms with Crippen molar-refractivity contribution < 1.29 is 13.2 Å². The minimum atomic E-state index is -4.36. The van der Waals surface area contributed by atoms with E-state index >= 15 is 0 Å². The van der Waals surface area contributed by atoms with Crippen LogP contribution in [-0.4, -0.2) is 12.4 Å². The second-order valence-corrected chi connectivity index (χ2v) is 4.16. The largest absolute Gasteiger partial charge is 0.416 e. The molecule has 1 aliphatic rings. The van der Waals surface area contributed by atoms with Crippen LogP contribution in [0.25, 0.3) is 0 Å². The molecule has 1 aromatic rings. The van der Waals surface area contributed by atoms with E-state index in [0.717, 1.165) is 25.0 Å². The van der Waals surface area contributed by atoms with Crippen LogP contribution >= 0.6 is 24.0 Å². The molecule has 1 N–H and O–H groups in total. The Hall–Kier alpha value is -0.940. The fraction of sp³-hybridized carbons (Fsp3) is 0.364. The van der Waals surface area contributed by atoms with Crippen LogP contribution in [0.5, 0.6) is 0 Å². The van der Waals surface area contributed by atoms with E-state index in [1.165, 1.54) is 6.07 Å². The van der Waals surface area contributed by atoms with Gasteiger partial charge in [0.25, 0.3) is 0 Å². The summed E-state index contributed by atoms with van der Waals surface area (Å²) >= 11 is 5.84. The van der Waals surface area contributed by atoms with Gasteiger partial charge in [-0.15, -0.1) is 12.4 Å². The molecule has 100 valence electrons. The molecule has 7 heteroatoms. The molecule has 0 amide bonds. The molecule has 0 saturated carbocycles. The topological polar surface area (TPSA) is 24.4 Å². The summed E-state index contributed by atoms with van der Waals surface area (Å²) in [5.74, 6) is 0.686. The third kappa shape index (κ3) is 3.53. The van der Waals surface area contributed by atoms with E-state index in [9.17, 15) is 13.2 Å². The molecule has 2 nitrogen and oxygen atoms in total. The summed E-state index contributed by atoms with van der Waals surface area (Å²) in [4.78, 5) is 4.13. The number of nitrogens with zero attached hydrogens (tertiary/aromatic N) is 1. The minimum Gasteiger partial charge on any atom is -0.343 e. The van der Waals surface area contributed by atoms with Crippen LogP contribution in [-0.2, 0) is 6.18 Å². The maximum Gasteiger partial charge on any atom is 0.416 e. The molecule has 1 aliphatic heterocycles. The van der Waals surface area contributed by atoms with E-state index in [1.54, 1.807) is 0 Å². The fourth-order valence-electron chi connectivity index (χ4n) is 1.59. The number of amidine groups is 1. The SMILES string of the molecule is Cl.FC(F)(F)c1ccc(Cl)c(NC2=NCCC2)c1. The van der Waals surface area contributed by atoms with E-state index < -0.39 is 11.7 Å². The van der Waals surface area contributed by atoms with Gasteiger partial charge in [-0.2, -0.15) is 13.2 Å². The van der Waals surface area contributed by atoms with Crippen molar-refractivity contribution >= 4 is 35.5 Å². The lowest BCUT2D eigenvalue weighted by molar-refractivity contribution is -0.137. The summed E-state index contributed by atoms with van der Waals surface area (Å²) in [6, 6.07) is 3.20. The van der Waals surface area contributed by atoms with Gasteiger partial charge in [-0.3, -0.25) is 4.99 Å². The summed E-state index contributed by atoms with van der Waals surface area (Å²) in [6.45, 7) is 0.707. The predicted octanol–water partition coefficient (Wildman–Crippen LogP) is 4.38. The number of aliphatic imine (C=N–C) groups is 1. The summed E-state index contributed by atoms with van der Waals surface area (Å²) in [5, 5.41) is 3.10. The van der Waals surface area contributed by atoms with Crippen molar-refractivity contribution in [3.63, 3.8) is 0 Å². The molecule has 0 aliphatic carbocycles. The molecule has 0 saturated heterocycles. The molecule has 0 fully saturated rings. The Morgan fingerprint density at radius 1 is 1.28 bits per heavy atom. The van der Waals surface area contributed by atoms with Crippen molar-refractivity contribution in [3.8, 4) is 0 Å². The van der Waals surface area contributed by atoms with Gasteiger partial charge >= 0.3 is 6.18 Å². The highest BCUT2D eigenvalue weighted by molar-refractivity contribution is 6.33. The molecular formula is C11H11Cl2F3N2. The second-order valence-electron chi connectivity index (χ2n) is 3.75. The van der Waals surface area contributed by atoms with Gasteiger partial charge in [0.05, 0.1) is 16.3 Å². The van der Waals surface area contributed by atoms with Crippen LogP contribution in [0.2, 0.25) is 5.02 Å². The Morgan fingerprint density at radius 3 is 2.56 bits per heavy atom. The first-order valence-corrected chi connectivity index (χ1v) is 5.52. The van der Waals surface area contributed by atoms with Gasteiger partial charge in [-0.25, -0.2) is 0 Å². The zero-order valence-corrected chi connectivity index (χ0v) is 10.8. The highest BCUT2D eigenvalue weighted by Crippen LogP contribution is 2.34. The molecule has 0 bridgehead atoms. The number of benzene rings is 1. The van der Waals surface area contributed by atoms with Crippen molar-refractivity contribution in [2.24, 2.45) is 4.99 Å². The van der Waals surface area contributed by atoms with E-state index in [4.69, 9.17) is 11.6 Å². The first-order chi connectivity index (χ1) is 7.97. The lowest BCUT2D eigenvalue weighted by Crippen LogP contribution is -2.11. The third-order valence-corrected chi connectivity index (χ3v) is 2.78. The maximum absolute atomic E-state index is 12.5. The third-order valence-electron chi connectivity index (χ3n) is 2.45. The smallest absolute Gasteiger partial charge is 0.343 e. The number of nitrogens with one attached hydrogen (secondary N) is 1. The Balaban J connectivity index is 0.00000162. The van der Waals surface area contributed by atoms with Gasteiger partial charge in [0.1, 0.15) is 5.84 Å². The van der Waals surface area contributed by atoms with Crippen LogP contribution in [0.4, 0.5) is 18.9 Å². The first kappa shape index (κ1) is 15.1. The van der Waals surface area contributed by atoms with Crippen molar-refractivity contribution in [1.29, 1.82) is 0 Å². The second kappa shape index (κ2) is 5.80. The van der Waals surface area contributed by atoms with Gasteiger partial charge in [0.2, 0.25) is 0 Å². The number of alkyl halides is 3. The normalized spacial score (nSPS) is 15.0. The van der Waals surface area contributed by atoms with Gasteiger partial charge in [-0.1, -0.05) is 11.6 Å². The molecular weight excluding hydrogens is 288 g/mol. The fourth-order valence-corrected chi connectivity index (χ4v) is 1.76. The van der Waals surface area contributed by atoms with Gasteiger partial charge in [-0.05, 0) is 24.6 Å². The zero-order chi connectivity index (χ0) is 12.5. The van der Waals surface area contributed by atoms with Gasteiger partial charge < -0.3 is 5.32 Å². The molecule has 0 unspecified atom stereocenters. The molecule has 1 heterocycles. The standard InChI is InChI=1S/C11H10ClF3N2.ClH/c12-8-4-3-7(11(13,14)15)6-9(8)17-10-2-1-5-16-10;/h3-4,6H,1-2,5H2,(H,16,17);1H. The predicted molar refractivity (Wildman–Crippen MR) is 68.9 cm³/mol. The highest BCUT2D eigenvalue weighted by Gasteiger charge is 2.31. The summed E-state index contributed by atoms with van der Waals surface area (Å²) < 4.78 is 37.5. The van der Waals surface area contributed by atoms with E-state index in [-0.39, 0.29) is 23.1 Å². The van der Waals surface area contributed by atoms with Crippen LogP contribution in [0, 0.1) is 0 Å². The van der Waals surface area contributed by atoms with Gasteiger partial charge in [0.15, 0.2) is 0 Å². The van der Waals surface area contributed by atoms with Crippen molar-refractivity contribution in [1.82, 2.24) is 0 Å². The Morgan fingerprint density at radius 2 is 2.00 bits per heavy atom. The first-order valence-electron chi connectivity index (χ1n) is 5.14. The Labute approximate surface area is 114 Å². The lowest BCUT2D eigenvalue weighted by Gasteiger charge is -2.12. The average molecular weight is 299 g/mol. The molecule has 0 atom stereocenters.